The monoisotopic (exact) mass is 225 g/mol. The summed E-state index contributed by atoms with van der Waals surface area (Å²) < 4.78 is 6.69. The predicted octanol–water partition coefficient (Wildman–Crippen LogP) is 1.83. The van der Waals surface area contributed by atoms with Gasteiger partial charge in [-0.15, -0.1) is 0 Å². The summed E-state index contributed by atoms with van der Waals surface area (Å²) in [6, 6.07) is 1.52. The molecule has 1 N–H and O–H groups in total. The highest BCUT2D eigenvalue weighted by Gasteiger charge is 2.21. The van der Waals surface area contributed by atoms with Crippen molar-refractivity contribution in [3.8, 4) is 0 Å². The number of hydrogen-bond donors (Lipinski definition) is 1. The van der Waals surface area contributed by atoms with Crippen molar-refractivity contribution in [2.24, 2.45) is 0 Å². The van der Waals surface area contributed by atoms with E-state index in [1.165, 1.54) is 0 Å². The maximum atomic E-state index is 11.7. The molecule has 1 aromatic rings. The summed E-state index contributed by atoms with van der Waals surface area (Å²) in [7, 11) is 1.80. The number of rotatable bonds is 6. The molecule has 1 unspecified atom stereocenters. The Kier molecular flexibility index (Phi) is 4.82. The number of hydrogen-bond acceptors (Lipinski definition) is 4. The molecule has 0 radical (unpaired) electrons. The van der Waals surface area contributed by atoms with E-state index < -0.39 is 0 Å². The molecule has 16 heavy (non-hydrogen) atoms. The van der Waals surface area contributed by atoms with Crippen LogP contribution in [0.25, 0.3) is 0 Å². The van der Waals surface area contributed by atoms with Gasteiger partial charge in [-0.05, 0) is 13.3 Å². The number of carbonyl (C=O) groups is 1. The average Bonchev–Trinajstić information content (AvgIpc) is 2.74. The molecule has 0 aliphatic carbocycles. The standard InChI is InChI=1S/C11H19N3O2/c1-4-6-9(11(15)16-5-2)14-8-7-10(12-3)13-14/h7-9H,4-6H2,1-3H3,(H,12,13). The molecule has 0 aliphatic rings. The highest BCUT2D eigenvalue weighted by Crippen LogP contribution is 2.16. The average molecular weight is 225 g/mol. The first kappa shape index (κ1) is 12.5. The van der Waals surface area contributed by atoms with Crippen LogP contribution in [0.5, 0.6) is 0 Å². The third kappa shape index (κ3) is 2.98. The second kappa shape index (κ2) is 6.15. The minimum Gasteiger partial charge on any atom is -0.464 e. The van der Waals surface area contributed by atoms with Gasteiger partial charge in [-0.2, -0.15) is 5.10 Å². The van der Waals surface area contributed by atoms with Crippen LogP contribution in [-0.2, 0) is 9.53 Å². The third-order valence-corrected chi connectivity index (χ3v) is 2.30. The molecule has 1 rings (SSSR count). The SMILES string of the molecule is CCCC(C(=O)OCC)n1ccc(NC)n1. The van der Waals surface area contributed by atoms with Gasteiger partial charge in [0.15, 0.2) is 0 Å². The summed E-state index contributed by atoms with van der Waals surface area (Å²) in [5.74, 6) is 0.542. The van der Waals surface area contributed by atoms with Crippen LogP contribution >= 0.6 is 0 Å². The number of carbonyl (C=O) groups excluding carboxylic acids is 1. The van der Waals surface area contributed by atoms with Gasteiger partial charge in [-0.1, -0.05) is 13.3 Å². The Morgan fingerprint density at radius 1 is 1.62 bits per heavy atom. The predicted molar refractivity (Wildman–Crippen MR) is 62.4 cm³/mol. The maximum absolute atomic E-state index is 11.7. The molecule has 0 saturated heterocycles. The van der Waals surface area contributed by atoms with Gasteiger partial charge in [-0.3, -0.25) is 4.68 Å². The van der Waals surface area contributed by atoms with Crippen molar-refractivity contribution in [2.75, 3.05) is 19.0 Å². The van der Waals surface area contributed by atoms with E-state index in [4.69, 9.17) is 4.74 Å². The fourth-order valence-electron chi connectivity index (χ4n) is 1.51. The Morgan fingerprint density at radius 2 is 2.38 bits per heavy atom. The Bertz CT molecular complexity index is 336. The lowest BCUT2D eigenvalue weighted by Crippen LogP contribution is -2.22. The van der Waals surface area contributed by atoms with E-state index in [0.29, 0.717) is 6.61 Å². The smallest absolute Gasteiger partial charge is 0.330 e. The van der Waals surface area contributed by atoms with Crippen LogP contribution in [0.2, 0.25) is 0 Å². The molecule has 90 valence electrons. The van der Waals surface area contributed by atoms with E-state index in [-0.39, 0.29) is 12.0 Å². The normalized spacial score (nSPS) is 12.2. The quantitative estimate of drug-likeness (QED) is 0.750. The van der Waals surface area contributed by atoms with Gasteiger partial charge in [0.1, 0.15) is 11.9 Å². The number of anilines is 1. The van der Waals surface area contributed by atoms with Gasteiger partial charge in [0.2, 0.25) is 0 Å². The number of esters is 1. The number of aromatic nitrogens is 2. The van der Waals surface area contributed by atoms with Crippen LogP contribution in [-0.4, -0.2) is 29.4 Å². The first-order chi connectivity index (χ1) is 7.72. The van der Waals surface area contributed by atoms with Crippen LogP contribution in [0, 0.1) is 0 Å². The van der Waals surface area contributed by atoms with Crippen molar-refractivity contribution in [2.45, 2.75) is 32.7 Å². The van der Waals surface area contributed by atoms with Crippen LogP contribution in [0.15, 0.2) is 12.3 Å². The first-order valence-electron chi connectivity index (χ1n) is 5.62. The molecule has 0 fully saturated rings. The van der Waals surface area contributed by atoms with Gasteiger partial charge in [0, 0.05) is 19.3 Å². The fourth-order valence-corrected chi connectivity index (χ4v) is 1.51. The van der Waals surface area contributed by atoms with Crippen LogP contribution < -0.4 is 5.32 Å². The van der Waals surface area contributed by atoms with Gasteiger partial charge < -0.3 is 10.1 Å². The Labute approximate surface area is 95.8 Å². The summed E-state index contributed by atoms with van der Waals surface area (Å²) in [4.78, 5) is 11.7. The molecule has 0 bridgehead atoms. The molecule has 5 heteroatoms. The summed E-state index contributed by atoms with van der Waals surface area (Å²) in [6.45, 7) is 4.25. The topological polar surface area (TPSA) is 56.1 Å². The molecular formula is C11H19N3O2. The highest BCUT2D eigenvalue weighted by molar-refractivity contribution is 5.74. The summed E-state index contributed by atoms with van der Waals surface area (Å²) in [6.07, 6.45) is 3.45. The summed E-state index contributed by atoms with van der Waals surface area (Å²) >= 11 is 0. The second-order valence-corrected chi connectivity index (χ2v) is 3.49. The Balaban J connectivity index is 2.79. The molecule has 0 amide bonds. The van der Waals surface area contributed by atoms with Crippen molar-refractivity contribution in [3.05, 3.63) is 12.3 Å². The van der Waals surface area contributed by atoms with E-state index in [1.807, 2.05) is 19.9 Å². The second-order valence-electron chi connectivity index (χ2n) is 3.49. The van der Waals surface area contributed by atoms with Crippen LogP contribution in [0.1, 0.15) is 32.7 Å². The summed E-state index contributed by atoms with van der Waals surface area (Å²) in [5.41, 5.74) is 0. The fraction of sp³-hybridized carbons (Fsp3) is 0.636. The lowest BCUT2D eigenvalue weighted by molar-refractivity contribution is -0.147. The van der Waals surface area contributed by atoms with E-state index in [9.17, 15) is 4.79 Å². The molecular weight excluding hydrogens is 206 g/mol. The Morgan fingerprint density at radius 3 is 2.88 bits per heavy atom. The van der Waals surface area contributed by atoms with Gasteiger partial charge in [0.05, 0.1) is 6.61 Å². The number of nitrogens with zero attached hydrogens (tertiary/aromatic N) is 2. The van der Waals surface area contributed by atoms with E-state index in [0.717, 1.165) is 18.7 Å². The number of ether oxygens (including phenoxy) is 1. The lowest BCUT2D eigenvalue weighted by Gasteiger charge is -2.14. The lowest BCUT2D eigenvalue weighted by atomic mass is 10.2. The zero-order valence-corrected chi connectivity index (χ0v) is 10.1. The first-order valence-corrected chi connectivity index (χ1v) is 5.62. The van der Waals surface area contributed by atoms with Crippen molar-refractivity contribution in [3.63, 3.8) is 0 Å². The van der Waals surface area contributed by atoms with E-state index >= 15 is 0 Å². The molecule has 0 aromatic carbocycles. The van der Waals surface area contributed by atoms with Crippen molar-refractivity contribution in [1.29, 1.82) is 0 Å². The third-order valence-electron chi connectivity index (χ3n) is 2.30. The molecule has 1 atom stereocenters. The minimum atomic E-state index is -0.313. The van der Waals surface area contributed by atoms with Crippen molar-refractivity contribution < 1.29 is 9.53 Å². The van der Waals surface area contributed by atoms with Gasteiger partial charge >= 0.3 is 5.97 Å². The van der Waals surface area contributed by atoms with E-state index in [1.54, 1.807) is 17.9 Å². The van der Waals surface area contributed by atoms with Crippen LogP contribution in [0.4, 0.5) is 5.82 Å². The highest BCUT2D eigenvalue weighted by atomic mass is 16.5. The van der Waals surface area contributed by atoms with Crippen molar-refractivity contribution >= 4 is 11.8 Å². The van der Waals surface area contributed by atoms with E-state index in [2.05, 4.69) is 10.4 Å². The van der Waals surface area contributed by atoms with Gasteiger partial charge in [0.25, 0.3) is 0 Å². The summed E-state index contributed by atoms with van der Waals surface area (Å²) in [5, 5.41) is 7.19. The maximum Gasteiger partial charge on any atom is 0.330 e. The van der Waals surface area contributed by atoms with Crippen molar-refractivity contribution in [1.82, 2.24) is 9.78 Å². The minimum absolute atomic E-state index is 0.213. The largest absolute Gasteiger partial charge is 0.464 e. The van der Waals surface area contributed by atoms with Gasteiger partial charge in [-0.25, -0.2) is 4.79 Å². The molecule has 0 saturated carbocycles. The zero-order chi connectivity index (χ0) is 12.0. The van der Waals surface area contributed by atoms with Crippen LogP contribution in [0.3, 0.4) is 0 Å². The molecule has 5 nitrogen and oxygen atoms in total. The number of nitrogens with one attached hydrogen (secondary N) is 1. The molecule has 1 aromatic heterocycles. The molecule has 0 aliphatic heterocycles. The Hall–Kier alpha value is -1.52. The molecule has 0 spiro atoms. The zero-order valence-electron chi connectivity index (χ0n) is 10.1. The molecule has 1 heterocycles.